The lowest BCUT2D eigenvalue weighted by atomic mass is 9.89. The van der Waals surface area contributed by atoms with Gasteiger partial charge in [-0.15, -0.1) is 0 Å². The van der Waals surface area contributed by atoms with Crippen molar-refractivity contribution in [2.24, 2.45) is 11.7 Å². The summed E-state index contributed by atoms with van der Waals surface area (Å²) in [6.45, 7) is 2.93. The molecular formula is C11H20N2O2. The first-order valence-electron chi connectivity index (χ1n) is 5.82. The Morgan fingerprint density at radius 1 is 1.53 bits per heavy atom. The van der Waals surface area contributed by atoms with E-state index in [2.05, 4.69) is 0 Å². The van der Waals surface area contributed by atoms with Crippen molar-refractivity contribution < 1.29 is 9.90 Å². The van der Waals surface area contributed by atoms with Crippen molar-refractivity contribution in [1.29, 1.82) is 0 Å². The van der Waals surface area contributed by atoms with E-state index in [0.717, 1.165) is 19.3 Å². The average Bonchev–Trinajstić information content (AvgIpc) is 2.58. The van der Waals surface area contributed by atoms with Gasteiger partial charge in [0.1, 0.15) is 0 Å². The predicted octanol–water partition coefficient (Wildman–Crippen LogP) is 0.0971. The Kier molecular flexibility index (Phi) is 2.73. The fourth-order valence-corrected chi connectivity index (χ4v) is 2.57. The maximum Gasteiger partial charge on any atom is 0.227 e. The fourth-order valence-electron chi connectivity index (χ4n) is 2.57. The monoisotopic (exact) mass is 212 g/mol. The van der Waals surface area contributed by atoms with Crippen LogP contribution in [0, 0.1) is 5.92 Å². The molecular weight excluding hydrogens is 192 g/mol. The third-order valence-corrected chi connectivity index (χ3v) is 3.83. The van der Waals surface area contributed by atoms with Gasteiger partial charge < -0.3 is 15.7 Å². The number of carbonyl (C=O) groups is 1. The van der Waals surface area contributed by atoms with Crippen LogP contribution in [0.15, 0.2) is 0 Å². The summed E-state index contributed by atoms with van der Waals surface area (Å²) in [5.41, 5.74) is 5.26. The lowest BCUT2D eigenvalue weighted by Crippen LogP contribution is -2.64. The van der Waals surface area contributed by atoms with Crippen LogP contribution in [0.4, 0.5) is 0 Å². The third-order valence-electron chi connectivity index (χ3n) is 3.83. The van der Waals surface area contributed by atoms with Crippen LogP contribution < -0.4 is 5.73 Å². The minimum absolute atomic E-state index is 0.00593. The minimum atomic E-state index is -0.627. The molecule has 2 fully saturated rings. The summed E-state index contributed by atoms with van der Waals surface area (Å²) in [5, 5.41) is 9.82. The molecule has 15 heavy (non-hydrogen) atoms. The van der Waals surface area contributed by atoms with E-state index in [1.807, 2.05) is 6.92 Å². The van der Waals surface area contributed by atoms with Gasteiger partial charge in [0, 0.05) is 6.04 Å². The minimum Gasteiger partial charge on any atom is -0.386 e. The molecule has 1 amide bonds. The summed E-state index contributed by atoms with van der Waals surface area (Å²) in [6.07, 6.45) is 3.65. The molecule has 2 rings (SSSR count). The first-order chi connectivity index (χ1) is 7.06. The Morgan fingerprint density at radius 2 is 2.20 bits per heavy atom. The average molecular weight is 212 g/mol. The molecule has 2 atom stereocenters. The highest BCUT2D eigenvalue weighted by Gasteiger charge is 2.45. The molecule has 3 N–H and O–H groups in total. The van der Waals surface area contributed by atoms with Crippen molar-refractivity contribution in [1.82, 2.24) is 4.90 Å². The van der Waals surface area contributed by atoms with Gasteiger partial charge in [0.25, 0.3) is 0 Å². The van der Waals surface area contributed by atoms with E-state index in [4.69, 9.17) is 5.73 Å². The summed E-state index contributed by atoms with van der Waals surface area (Å²) >= 11 is 0. The molecule has 1 aliphatic heterocycles. The Hall–Kier alpha value is -0.610. The van der Waals surface area contributed by atoms with Crippen LogP contribution >= 0.6 is 0 Å². The number of nitrogens with two attached hydrogens (primary N) is 1. The zero-order valence-electron chi connectivity index (χ0n) is 9.28. The number of aliphatic hydroxyl groups is 1. The highest BCUT2D eigenvalue weighted by Crippen LogP contribution is 2.31. The molecule has 1 heterocycles. The summed E-state index contributed by atoms with van der Waals surface area (Å²) in [6, 6.07) is 0.0350. The number of rotatable bonds is 2. The van der Waals surface area contributed by atoms with Crippen LogP contribution in [0.5, 0.6) is 0 Å². The van der Waals surface area contributed by atoms with E-state index in [1.54, 1.807) is 4.90 Å². The number of hydrogen-bond donors (Lipinski definition) is 2. The van der Waals surface area contributed by atoms with Gasteiger partial charge in [-0.05, 0) is 19.3 Å². The molecule has 1 saturated heterocycles. The van der Waals surface area contributed by atoms with Gasteiger partial charge in [-0.1, -0.05) is 13.3 Å². The highest BCUT2D eigenvalue weighted by atomic mass is 16.3. The number of β-amino-alcohol motifs (C(OH)–C–C–N with tert-alkyl or cyclic N) is 1. The number of nitrogens with zero attached hydrogens (tertiary/aromatic N) is 1. The van der Waals surface area contributed by atoms with E-state index < -0.39 is 5.60 Å². The number of amides is 1. The van der Waals surface area contributed by atoms with Gasteiger partial charge in [0.05, 0.1) is 24.6 Å². The number of carbonyl (C=O) groups excluding carboxylic acids is 1. The Bertz CT molecular complexity index is 261. The third kappa shape index (κ3) is 1.88. The van der Waals surface area contributed by atoms with Gasteiger partial charge in [-0.25, -0.2) is 0 Å². The SMILES string of the molecule is CCC1(O)CN(C(=O)C2CCCC2N)C1. The van der Waals surface area contributed by atoms with Gasteiger partial charge in [0.2, 0.25) is 5.91 Å². The van der Waals surface area contributed by atoms with Crippen molar-refractivity contribution in [3.63, 3.8) is 0 Å². The van der Waals surface area contributed by atoms with Crippen molar-refractivity contribution in [2.75, 3.05) is 13.1 Å². The molecule has 0 aromatic rings. The van der Waals surface area contributed by atoms with Crippen LogP contribution in [-0.4, -0.2) is 40.6 Å². The zero-order chi connectivity index (χ0) is 11.1. The molecule has 0 spiro atoms. The summed E-state index contributed by atoms with van der Waals surface area (Å²) in [7, 11) is 0. The largest absolute Gasteiger partial charge is 0.386 e. The Balaban J connectivity index is 1.89. The van der Waals surface area contributed by atoms with E-state index in [9.17, 15) is 9.90 Å². The zero-order valence-corrected chi connectivity index (χ0v) is 9.28. The lowest BCUT2D eigenvalue weighted by molar-refractivity contribution is -0.160. The number of likely N-dealkylation sites (tertiary alicyclic amines) is 1. The van der Waals surface area contributed by atoms with Crippen molar-refractivity contribution in [2.45, 2.75) is 44.2 Å². The number of hydrogen-bond acceptors (Lipinski definition) is 3. The molecule has 0 bridgehead atoms. The molecule has 2 unspecified atom stereocenters. The lowest BCUT2D eigenvalue weighted by Gasteiger charge is -2.47. The van der Waals surface area contributed by atoms with E-state index in [1.165, 1.54) is 0 Å². The van der Waals surface area contributed by atoms with Crippen LogP contribution in [0.25, 0.3) is 0 Å². The standard InChI is InChI=1S/C11H20N2O2/c1-2-11(15)6-13(7-11)10(14)8-4-3-5-9(8)12/h8-9,15H,2-7,12H2,1H3. The smallest absolute Gasteiger partial charge is 0.227 e. The van der Waals surface area contributed by atoms with Crippen LogP contribution in [-0.2, 0) is 4.79 Å². The van der Waals surface area contributed by atoms with Crippen LogP contribution in [0.1, 0.15) is 32.6 Å². The molecule has 1 aliphatic carbocycles. The molecule has 86 valence electrons. The molecule has 1 saturated carbocycles. The first-order valence-corrected chi connectivity index (χ1v) is 5.82. The maximum atomic E-state index is 12.0. The van der Waals surface area contributed by atoms with Crippen molar-refractivity contribution >= 4 is 5.91 Å². The van der Waals surface area contributed by atoms with E-state index in [0.29, 0.717) is 19.5 Å². The van der Waals surface area contributed by atoms with Gasteiger partial charge in [-0.3, -0.25) is 4.79 Å². The summed E-state index contributed by atoms with van der Waals surface area (Å²) < 4.78 is 0. The first kappa shape index (κ1) is 10.9. The second kappa shape index (κ2) is 3.76. The van der Waals surface area contributed by atoms with Crippen molar-refractivity contribution in [3.8, 4) is 0 Å². The molecule has 0 radical (unpaired) electrons. The van der Waals surface area contributed by atoms with Gasteiger partial charge in [0.15, 0.2) is 0 Å². The summed E-state index contributed by atoms with van der Waals surface area (Å²) in [5.74, 6) is 0.157. The predicted molar refractivity (Wildman–Crippen MR) is 57.1 cm³/mol. The molecule has 4 heteroatoms. The van der Waals surface area contributed by atoms with E-state index in [-0.39, 0.29) is 17.9 Å². The quantitative estimate of drug-likeness (QED) is 0.682. The normalized spacial score (nSPS) is 33.9. The molecule has 0 aromatic heterocycles. The van der Waals surface area contributed by atoms with E-state index >= 15 is 0 Å². The maximum absolute atomic E-state index is 12.0. The van der Waals surface area contributed by atoms with Gasteiger partial charge in [-0.2, -0.15) is 0 Å². The topological polar surface area (TPSA) is 66.6 Å². The Labute approximate surface area is 90.4 Å². The fraction of sp³-hybridized carbons (Fsp3) is 0.909. The second-order valence-corrected chi connectivity index (χ2v) is 4.97. The van der Waals surface area contributed by atoms with Crippen molar-refractivity contribution in [3.05, 3.63) is 0 Å². The molecule has 2 aliphatic rings. The van der Waals surface area contributed by atoms with Crippen LogP contribution in [0.3, 0.4) is 0 Å². The molecule has 0 aromatic carbocycles. The highest BCUT2D eigenvalue weighted by molar-refractivity contribution is 5.81. The molecule has 4 nitrogen and oxygen atoms in total. The summed E-state index contributed by atoms with van der Waals surface area (Å²) in [4.78, 5) is 13.7. The Morgan fingerprint density at radius 3 is 2.67 bits per heavy atom. The second-order valence-electron chi connectivity index (χ2n) is 4.97. The van der Waals surface area contributed by atoms with Gasteiger partial charge >= 0.3 is 0 Å². The van der Waals surface area contributed by atoms with Crippen LogP contribution in [0.2, 0.25) is 0 Å².